The van der Waals surface area contributed by atoms with Crippen LogP contribution in [0.2, 0.25) is 0 Å². The lowest BCUT2D eigenvalue weighted by molar-refractivity contribution is -0.146. The number of aryl methyl sites for hydroxylation is 1. The van der Waals surface area contributed by atoms with Crippen LogP contribution in [0, 0.1) is 18.3 Å². The van der Waals surface area contributed by atoms with E-state index in [2.05, 4.69) is 5.32 Å². The SMILES string of the molecule is CCN(CC(O)c1ccc(C)cc1)C(=O)[C@@]12CCCC[C@H]1CNC2.Cl. The van der Waals surface area contributed by atoms with E-state index in [0.29, 0.717) is 19.0 Å². The molecule has 1 aliphatic heterocycles. The summed E-state index contributed by atoms with van der Waals surface area (Å²) < 4.78 is 0. The van der Waals surface area contributed by atoms with Crippen LogP contribution in [0.3, 0.4) is 0 Å². The fraction of sp³-hybridized carbons (Fsp3) is 0.650. The third-order valence-corrected chi connectivity index (χ3v) is 5.99. The highest BCUT2D eigenvalue weighted by Gasteiger charge is 2.51. The van der Waals surface area contributed by atoms with Gasteiger partial charge in [-0.25, -0.2) is 0 Å². The van der Waals surface area contributed by atoms with E-state index in [4.69, 9.17) is 0 Å². The van der Waals surface area contributed by atoms with Gasteiger partial charge in [-0.1, -0.05) is 42.7 Å². The van der Waals surface area contributed by atoms with Gasteiger partial charge in [0.2, 0.25) is 5.91 Å². The summed E-state index contributed by atoms with van der Waals surface area (Å²) in [6.07, 6.45) is 3.89. The number of nitrogens with zero attached hydrogens (tertiary/aromatic N) is 1. The van der Waals surface area contributed by atoms with Gasteiger partial charge in [0.25, 0.3) is 0 Å². The van der Waals surface area contributed by atoms with E-state index in [-0.39, 0.29) is 23.7 Å². The van der Waals surface area contributed by atoms with Gasteiger partial charge < -0.3 is 15.3 Å². The zero-order valence-corrected chi connectivity index (χ0v) is 16.1. The molecule has 3 rings (SSSR count). The molecule has 0 bridgehead atoms. The highest BCUT2D eigenvalue weighted by Crippen LogP contribution is 2.45. The van der Waals surface area contributed by atoms with Gasteiger partial charge in [0.1, 0.15) is 0 Å². The minimum Gasteiger partial charge on any atom is -0.387 e. The molecule has 1 saturated heterocycles. The number of amides is 1. The number of nitrogens with one attached hydrogen (secondary N) is 1. The summed E-state index contributed by atoms with van der Waals surface area (Å²) in [7, 11) is 0. The predicted molar refractivity (Wildman–Crippen MR) is 103 cm³/mol. The molecule has 1 heterocycles. The van der Waals surface area contributed by atoms with Crippen LogP contribution >= 0.6 is 12.4 Å². The van der Waals surface area contributed by atoms with Crippen molar-refractivity contribution in [3.63, 3.8) is 0 Å². The largest absolute Gasteiger partial charge is 0.387 e. The highest BCUT2D eigenvalue weighted by molar-refractivity contribution is 5.85. The molecule has 1 saturated carbocycles. The Morgan fingerprint density at radius 2 is 2.08 bits per heavy atom. The highest BCUT2D eigenvalue weighted by atomic mass is 35.5. The number of benzene rings is 1. The predicted octanol–water partition coefficient (Wildman–Crippen LogP) is 3.08. The number of carbonyl (C=O) groups excluding carboxylic acids is 1. The fourth-order valence-electron chi connectivity index (χ4n) is 4.44. The summed E-state index contributed by atoms with van der Waals surface area (Å²) in [4.78, 5) is 15.2. The van der Waals surface area contributed by atoms with E-state index in [0.717, 1.165) is 37.9 Å². The van der Waals surface area contributed by atoms with E-state index in [1.165, 1.54) is 12.0 Å². The van der Waals surface area contributed by atoms with Crippen LogP contribution in [0.5, 0.6) is 0 Å². The molecule has 3 atom stereocenters. The molecule has 4 nitrogen and oxygen atoms in total. The van der Waals surface area contributed by atoms with Gasteiger partial charge in [-0.15, -0.1) is 12.4 Å². The molecule has 0 radical (unpaired) electrons. The minimum atomic E-state index is -0.623. The van der Waals surface area contributed by atoms with Crippen molar-refractivity contribution in [2.24, 2.45) is 11.3 Å². The van der Waals surface area contributed by atoms with Crippen molar-refractivity contribution >= 4 is 18.3 Å². The standard InChI is InChI=1S/C20H30N2O2.ClH/c1-3-22(13-18(23)16-9-7-15(2)8-10-16)19(24)20-11-5-4-6-17(20)12-21-14-20;/h7-10,17-18,21,23H,3-6,11-14H2,1-2H3;1H/t17-,18?,20+;/m0./s1. The molecular formula is C20H31ClN2O2. The van der Waals surface area contributed by atoms with Crippen molar-refractivity contribution in [1.82, 2.24) is 10.2 Å². The molecule has 1 unspecified atom stereocenters. The monoisotopic (exact) mass is 366 g/mol. The number of aliphatic hydroxyl groups excluding tert-OH is 1. The zero-order valence-electron chi connectivity index (χ0n) is 15.3. The quantitative estimate of drug-likeness (QED) is 0.842. The Balaban J connectivity index is 0.00000225. The number of carbonyl (C=O) groups is 1. The average molecular weight is 367 g/mol. The van der Waals surface area contributed by atoms with Crippen molar-refractivity contribution in [3.05, 3.63) is 35.4 Å². The molecule has 2 N–H and O–H groups in total. The topological polar surface area (TPSA) is 52.6 Å². The third kappa shape index (κ3) is 4.02. The van der Waals surface area contributed by atoms with Crippen LogP contribution in [-0.4, -0.2) is 42.1 Å². The molecular weight excluding hydrogens is 336 g/mol. The Morgan fingerprint density at radius 3 is 2.76 bits per heavy atom. The number of hydrogen-bond donors (Lipinski definition) is 2. The fourth-order valence-corrected chi connectivity index (χ4v) is 4.44. The first-order valence-corrected chi connectivity index (χ1v) is 9.31. The first-order chi connectivity index (χ1) is 11.6. The maximum absolute atomic E-state index is 13.3. The smallest absolute Gasteiger partial charge is 0.230 e. The van der Waals surface area contributed by atoms with E-state index in [1.807, 2.05) is 43.0 Å². The van der Waals surface area contributed by atoms with E-state index in [9.17, 15) is 9.90 Å². The van der Waals surface area contributed by atoms with Crippen molar-refractivity contribution < 1.29 is 9.90 Å². The lowest BCUT2D eigenvalue weighted by atomic mass is 9.67. The maximum atomic E-state index is 13.3. The van der Waals surface area contributed by atoms with E-state index in [1.54, 1.807) is 0 Å². The second kappa shape index (κ2) is 8.52. The second-order valence-corrected chi connectivity index (χ2v) is 7.50. The molecule has 1 aromatic carbocycles. The van der Waals surface area contributed by atoms with Crippen LogP contribution in [0.15, 0.2) is 24.3 Å². The summed E-state index contributed by atoms with van der Waals surface area (Å²) in [6, 6.07) is 7.93. The Labute approximate surface area is 157 Å². The van der Waals surface area contributed by atoms with Crippen LogP contribution in [0.25, 0.3) is 0 Å². The van der Waals surface area contributed by atoms with Crippen LogP contribution < -0.4 is 5.32 Å². The molecule has 2 aliphatic rings. The van der Waals surface area contributed by atoms with Crippen molar-refractivity contribution in [1.29, 1.82) is 0 Å². The van der Waals surface area contributed by atoms with Gasteiger partial charge >= 0.3 is 0 Å². The number of fused-ring (bicyclic) bond motifs is 1. The number of rotatable bonds is 5. The van der Waals surface area contributed by atoms with Gasteiger partial charge in [0.05, 0.1) is 18.1 Å². The average Bonchev–Trinajstić information content (AvgIpc) is 3.04. The zero-order chi connectivity index (χ0) is 17.2. The number of hydrogen-bond acceptors (Lipinski definition) is 3. The third-order valence-electron chi connectivity index (χ3n) is 5.99. The molecule has 1 aliphatic carbocycles. The molecule has 0 spiro atoms. The lowest BCUT2D eigenvalue weighted by Gasteiger charge is -2.41. The number of likely N-dealkylation sites (N-methyl/N-ethyl adjacent to an activating group) is 1. The summed E-state index contributed by atoms with van der Waals surface area (Å²) >= 11 is 0. The van der Waals surface area contributed by atoms with E-state index < -0.39 is 6.10 Å². The van der Waals surface area contributed by atoms with Crippen molar-refractivity contribution in [2.75, 3.05) is 26.2 Å². The molecule has 5 heteroatoms. The summed E-state index contributed by atoms with van der Waals surface area (Å²) in [5.74, 6) is 0.704. The van der Waals surface area contributed by atoms with Crippen molar-refractivity contribution in [3.8, 4) is 0 Å². The normalized spacial score (nSPS) is 26.4. The van der Waals surface area contributed by atoms with Crippen LogP contribution in [0.1, 0.15) is 49.8 Å². The van der Waals surface area contributed by atoms with Crippen molar-refractivity contribution in [2.45, 2.75) is 45.6 Å². The van der Waals surface area contributed by atoms with E-state index >= 15 is 0 Å². The van der Waals surface area contributed by atoms with Crippen LogP contribution in [-0.2, 0) is 4.79 Å². The van der Waals surface area contributed by atoms with Gasteiger partial charge in [0, 0.05) is 13.1 Å². The molecule has 1 amide bonds. The molecule has 0 aromatic heterocycles. The summed E-state index contributed by atoms with van der Waals surface area (Å²) in [5, 5.41) is 14.0. The van der Waals surface area contributed by atoms with Gasteiger partial charge in [-0.05, 0) is 44.7 Å². The first kappa shape index (κ1) is 20.2. The van der Waals surface area contributed by atoms with Gasteiger partial charge in [0.15, 0.2) is 0 Å². The minimum absolute atomic E-state index is 0. The Bertz CT molecular complexity index is 578. The molecule has 2 fully saturated rings. The Morgan fingerprint density at radius 1 is 1.36 bits per heavy atom. The number of aliphatic hydroxyl groups is 1. The van der Waals surface area contributed by atoms with Crippen LogP contribution in [0.4, 0.5) is 0 Å². The molecule has 25 heavy (non-hydrogen) atoms. The Kier molecular flexibility index (Phi) is 6.89. The first-order valence-electron chi connectivity index (χ1n) is 9.31. The summed E-state index contributed by atoms with van der Waals surface area (Å²) in [5.41, 5.74) is 1.82. The Hall–Kier alpha value is -1.10. The maximum Gasteiger partial charge on any atom is 0.230 e. The second-order valence-electron chi connectivity index (χ2n) is 7.50. The van der Waals surface area contributed by atoms with Gasteiger partial charge in [-0.2, -0.15) is 0 Å². The molecule has 1 aromatic rings. The summed E-state index contributed by atoms with van der Waals surface area (Å²) in [6.45, 7) is 6.84. The number of halogens is 1. The van der Waals surface area contributed by atoms with Gasteiger partial charge in [-0.3, -0.25) is 4.79 Å². The molecule has 140 valence electrons. The lowest BCUT2D eigenvalue weighted by Crippen LogP contribution is -2.50.